The molecule has 2 rings (SSSR count). The van der Waals surface area contributed by atoms with Crippen molar-refractivity contribution in [2.45, 2.75) is 25.9 Å². The fourth-order valence-electron chi connectivity index (χ4n) is 2.98. The van der Waals surface area contributed by atoms with Crippen molar-refractivity contribution < 1.29 is 0 Å². The number of benzene rings is 1. The third-order valence-corrected chi connectivity index (χ3v) is 4.38. The minimum Gasteiger partial charge on any atom is -0.308 e. The van der Waals surface area contributed by atoms with Crippen LogP contribution >= 0.6 is 0 Å². The molecule has 0 saturated carbocycles. The van der Waals surface area contributed by atoms with E-state index < -0.39 is 0 Å². The lowest BCUT2D eigenvalue weighted by molar-refractivity contribution is 0.110. The van der Waals surface area contributed by atoms with Crippen molar-refractivity contribution in [2.24, 2.45) is 5.92 Å². The fraction of sp³-hybridized carbons (Fsp3) is 0.647. The SMILES string of the molecule is CC(C)C(NCC1CN(C)CCN1C)c1ccccc1. The molecule has 1 saturated heterocycles. The molecule has 20 heavy (non-hydrogen) atoms. The Hall–Kier alpha value is -0.900. The first-order chi connectivity index (χ1) is 9.58. The lowest BCUT2D eigenvalue weighted by Gasteiger charge is -2.39. The maximum atomic E-state index is 3.79. The highest BCUT2D eigenvalue weighted by molar-refractivity contribution is 5.19. The third kappa shape index (κ3) is 4.05. The summed E-state index contributed by atoms with van der Waals surface area (Å²) in [5.41, 5.74) is 1.40. The molecular weight excluding hydrogens is 246 g/mol. The number of nitrogens with one attached hydrogen (secondary N) is 1. The fourth-order valence-corrected chi connectivity index (χ4v) is 2.98. The summed E-state index contributed by atoms with van der Waals surface area (Å²) in [4.78, 5) is 4.91. The van der Waals surface area contributed by atoms with Crippen LogP contribution in [0.1, 0.15) is 25.5 Å². The van der Waals surface area contributed by atoms with Gasteiger partial charge >= 0.3 is 0 Å². The summed E-state index contributed by atoms with van der Waals surface area (Å²) in [7, 11) is 4.46. The summed E-state index contributed by atoms with van der Waals surface area (Å²) in [6.45, 7) is 9.14. The monoisotopic (exact) mass is 275 g/mol. The highest BCUT2D eigenvalue weighted by atomic mass is 15.3. The number of rotatable bonds is 5. The van der Waals surface area contributed by atoms with E-state index in [0.29, 0.717) is 18.0 Å². The Morgan fingerprint density at radius 1 is 1.15 bits per heavy atom. The largest absolute Gasteiger partial charge is 0.308 e. The van der Waals surface area contributed by atoms with Crippen LogP contribution in [-0.2, 0) is 0 Å². The molecule has 112 valence electrons. The average Bonchev–Trinajstić information content (AvgIpc) is 2.43. The molecule has 1 aliphatic rings. The van der Waals surface area contributed by atoms with Gasteiger partial charge in [0.25, 0.3) is 0 Å². The summed E-state index contributed by atoms with van der Waals surface area (Å²) in [6.07, 6.45) is 0. The van der Waals surface area contributed by atoms with Gasteiger partial charge in [0, 0.05) is 38.3 Å². The zero-order chi connectivity index (χ0) is 14.5. The first kappa shape index (κ1) is 15.5. The Balaban J connectivity index is 1.95. The molecule has 1 N–H and O–H groups in total. The van der Waals surface area contributed by atoms with Crippen molar-refractivity contribution in [3.8, 4) is 0 Å². The standard InChI is InChI=1S/C17H29N3/c1-14(2)17(15-8-6-5-7-9-15)18-12-16-13-19(3)10-11-20(16)4/h5-9,14,16-18H,10-13H2,1-4H3. The van der Waals surface area contributed by atoms with Crippen LogP contribution < -0.4 is 5.32 Å². The van der Waals surface area contributed by atoms with Gasteiger partial charge in [-0.25, -0.2) is 0 Å². The van der Waals surface area contributed by atoms with Gasteiger partial charge in [-0.2, -0.15) is 0 Å². The van der Waals surface area contributed by atoms with Crippen LogP contribution in [-0.4, -0.2) is 56.1 Å². The second-order valence-electron chi connectivity index (χ2n) is 6.44. The molecule has 3 nitrogen and oxygen atoms in total. The lowest BCUT2D eigenvalue weighted by Crippen LogP contribution is -2.54. The quantitative estimate of drug-likeness (QED) is 0.889. The smallest absolute Gasteiger partial charge is 0.0345 e. The molecule has 1 aromatic carbocycles. The Morgan fingerprint density at radius 2 is 1.85 bits per heavy atom. The van der Waals surface area contributed by atoms with Crippen molar-refractivity contribution in [3.63, 3.8) is 0 Å². The van der Waals surface area contributed by atoms with Gasteiger partial charge in [0.05, 0.1) is 0 Å². The maximum Gasteiger partial charge on any atom is 0.0345 e. The van der Waals surface area contributed by atoms with E-state index in [2.05, 4.69) is 73.4 Å². The van der Waals surface area contributed by atoms with Gasteiger partial charge in [-0.3, -0.25) is 4.90 Å². The Kier molecular flexibility index (Phi) is 5.58. The van der Waals surface area contributed by atoms with E-state index >= 15 is 0 Å². The van der Waals surface area contributed by atoms with Gasteiger partial charge < -0.3 is 10.2 Å². The minimum atomic E-state index is 0.442. The Labute approximate surface area is 124 Å². The Morgan fingerprint density at radius 3 is 2.50 bits per heavy atom. The molecular formula is C17H29N3. The molecule has 0 spiro atoms. The highest BCUT2D eigenvalue weighted by Gasteiger charge is 2.24. The van der Waals surface area contributed by atoms with E-state index in [1.165, 1.54) is 18.7 Å². The van der Waals surface area contributed by atoms with Crippen LogP contribution in [0.4, 0.5) is 0 Å². The van der Waals surface area contributed by atoms with Gasteiger partial charge in [0.2, 0.25) is 0 Å². The zero-order valence-corrected chi connectivity index (χ0v) is 13.3. The number of piperazine rings is 1. The number of hydrogen-bond acceptors (Lipinski definition) is 3. The van der Waals surface area contributed by atoms with Gasteiger partial charge in [0.15, 0.2) is 0 Å². The molecule has 0 aromatic heterocycles. The van der Waals surface area contributed by atoms with Gasteiger partial charge in [-0.05, 0) is 25.6 Å². The second-order valence-corrected chi connectivity index (χ2v) is 6.44. The van der Waals surface area contributed by atoms with Crippen LogP contribution in [0.25, 0.3) is 0 Å². The van der Waals surface area contributed by atoms with Crippen LogP contribution in [0.3, 0.4) is 0 Å². The first-order valence-corrected chi connectivity index (χ1v) is 7.75. The third-order valence-electron chi connectivity index (χ3n) is 4.38. The molecule has 0 aliphatic carbocycles. The normalized spacial score (nSPS) is 23.1. The molecule has 2 atom stereocenters. The minimum absolute atomic E-state index is 0.442. The van der Waals surface area contributed by atoms with Crippen molar-refractivity contribution in [1.29, 1.82) is 0 Å². The van der Waals surface area contributed by atoms with Gasteiger partial charge in [-0.1, -0.05) is 44.2 Å². The summed E-state index contributed by atoms with van der Waals surface area (Å²) >= 11 is 0. The van der Waals surface area contributed by atoms with E-state index in [0.717, 1.165) is 13.1 Å². The van der Waals surface area contributed by atoms with Crippen molar-refractivity contribution in [2.75, 3.05) is 40.3 Å². The highest BCUT2D eigenvalue weighted by Crippen LogP contribution is 2.21. The summed E-state index contributed by atoms with van der Waals surface area (Å²) in [6, 6.07) is 11.9. The first-order valence-electron chi connectivity index (χ1n) is 7.75. The molecule has 1 fully saturated rings. The Bertz CT molecular complexity index is 390. The lowest BCUT2D eigenvalue weighted by atomic mass is 9.95. The molecule has 0 bridgehead atoms. The van der Waals surface area contributed by atoms with Gasteiger partial charge in [-0.15, -0.1) is 0 Å². The van der Waals surface area contributed by atoms with Crippen LogP contribution in [0, 0.1) is 5.92 Å². The molecule has 2 unspecified atom stereocenters. The molecule has 0 amide bonds. The summed E-state index contributed by atoms with van der Waals surface area (Å²) < 4.78 is 0. The predicted molar refractivity (Wildman–Crippen MR) is 85.9 cm³/mol. The van der Waals surface area contributed by atoms with E-state index in [-0.39, 0.29) is 0 Å². The average molecular weight is 275 g/mol. The summed E-state index contributed by atoms with van der Waals surface area (Å²) in [5, 5.41) is 3.79. The van der Waals surface area contributed by atoms with Gasteiger partial charge in [0.1, 0.15) is 0 Å². The number of likely N-dealkylation sites (N-methyl/N-ethyl adjacent to an activating group) is 2. The number of hydrogen-bond donors (Lipinski definition) is 1. The zero-order valence-electron chi connectivity index (χ0n) is 13.3. The number of nitrogens with zero attached hydrogens (tertiary/aromatic N) is 2. The van der Waals surface area contributed by atoms with Crippen molar-refractivity contribution in [1.82, 2.24) is 15.1 Å². The molecule has 3 heteroatoms. The molecule has 1 aliphatic heterocycles. The predicted octanol–water partition coefficient (Wildman–Crippen LogP) is 2.22. The van der Waals surface area contributed by atoms with Crippen LogP contribution in [0.15, 0.2) is 30.3 Å². The second kappa shape index (κ2) is 7.21. The van der Waals surface area contributed by atoms with E-state index in [4.69, 9.17) is 0 Å². The van der Waals surface area contributed by atoms with E-state index in [9.17, 15) is 0 Å². The van der Waals surface area contributed by atoms with Crippen LogP contribution in [0.2, 0.25) is 0 Å². The van der Waals surface area contributed by atoms with E-state index in [1.54, 1.807) is 0 Å². The molecule has 0 radical (unpaired) electrons. The van der Waals surface area contributed by atoms with Crippen LogP contribution in [0.5, 0.6) is 0 Å². The van der Waals surface area contributed by atoms with Crippen molar-refractivity contribution in [3.05, 3.63) is 35.9 Å². The van der Waals surface area contributed by atoms with E-state index in [1.807, 2.05) is 0 Å². The molecule has 1 aromatic rings. The van der Waals surface area contributed by atoms with Crippen molar-refractivity contribution >= 4 is 0 Å². The topological polar surface area (TPSA) is 18.5 Å². The molecule has 1 heterocycles. The maximum absolute atomic E-state index is 3.79. The summed E-state index contributed by atoms with van der Waals surface area (Å²) in [5.74, 6) is 0.601.